The van der Waals surface area contributed by atoms with Gasteiger partial charge in [-0.05, 0) is 23.3 Å². The maximum Gasteiger partial charge on any atom is 0.405 e. The Balaban J connectivity index is 0.00000243. The number of benzene rings is 1. The first kappa shape index (κ1) is 21.4. The van der Waals surface area contributed by atoms with Gasteiger partial charge in [-0.1, -0.05) is 6.07 Å². The maximum atomic E-state index is 13.3. The third kappa shape index (κ3) is 4.87. The van der Waals surface area contributed by atoms with Crippen molar-refractivity contribution in [1.82, 2.24) is 14.9 Å². The zero-order valence-electron chi connectivity index (χ0n) is 13.9. The van der Waals surface area contributed by atoms with Crippen molar-refractivity contribution >= 4 is 22.4 Å². The van der Waals surface area contributed by atoms with Crippen molar-refractivity contribution in [2.75, 3.05) is 32.7 Å². The summed E-state index contributed by atoms with van der Waals surface area (Å²) in [6, 6.07) is 2.64. The minimum atomic E-state index is -4.51. The van der Waals surface area contributed by atoms with Crippen molar-refractivity contribution in [1.29, 1.82) is 0 Å². The third-order valence-corrected chi connectivity index (χ3v) is 5.86. The van der Waals surface area contributed by atoms with Crippen LogP contribution < -0.4 is 10.0 Å². The molecule has 3 rings (SSSR count). The molecule has 1 aromatic rings. The molecule has 0 aromatic heterocycles. The first-order valence-electron chi connectivity index (χ1n) is 7.98. The van der Waals surface area contributed by atoms with Crippen molar-refractivity contribution in [3.8, 4) is 0 Å². The zero-order chi connectivity index (χ0) is 18.1. The highest BCUT2D eigenvalue weighted by molar-refractivity contribution is 7.89. The van der Waals surface area contributed by atoms with Gasteiger partial charge in [0.25, 0.3) is 0 Å². The molecule has 2 heterocycles. The highest BCUT2D eigenvalue weighted by Crippen LogP contribution is 2.26. The van der Waals surface area contributed by atoms with Crippen molar-refractivity contribution in [2.24, 2.45) is 0 Å². The van der Waals surface area contributed by atoms with E-state index in [0.717, 1.165) is 11.1 Å². The predicted octanol–water partition coefficient (Wildman–Crippen LogP) is 1.25. The van der Waals surface area contributed by atoms with Gasteiger partial charge in [0.1, 0.15) is 6.04 Å². The van der Waals surface area contributed by atoms with E-state index in [1.165, 1.54) is 17.0 Å². The van der Waals surface area contributed by atoms with E-state index in [1.54, 1.807) is 6.07 Å². The zero-order valence-corrected chi connectivity index (χ0v) is 15.5. The SMILES string of the molecule is Cl.O=S(=O)(NCC(N1CCNCC1)C(F)(F)F)c1ccc2c(c1)COC2. The van der Waals surface area contributed by atoms with Gasteiger partial charge >= 0.3 is 6.18 Å². The van der Waals surface area contributed by atoms with Crippen LogP contribution >= 0.6 is 12.4 Å². The van der Waals surface area contributed by atoms with Crippen LogP contribution in [-0.2, 0) is 28.0 Å². The molecule has 26 heavy (non-hydrogen) atoms. The normalized spacial score (nSPS) is 19.7. The van der Waals surface area contributed by atoms with Crippen LogP contribution in [0.1, 0.15) is 11.1 Å². The summed E-state index contributed by atoms with van der Waals surface area (Å²) >= 11 is 0. The number of hydrogen-bond donors (Lipinski definition) is 2. The van der Waals surface area contributed by atoms with Crippen LogP contribution in [0.15, 0.2) is 23.1 Å². The van der Waals surface area contributed by atoms with Gasteiger partial charge in [0.2, 0.25) is 10.0 Å². The molecule has 1 atom stereocenters. The first-order chi connectivity index (χ1) is 11.8. The smallest absolute Gasteiger partial charge is 0.372 e. The minimum absolute atomic E-state index is 0. The molecule has 1 saturated heterocycles. The topological polar surface area (TPSA) is 70.7 Å². The van der Waals surface area contributed by atoms with Gasteiger partial charge in [0.05, 0.1) is 18.1 Å². The number of nitrogens with one attached hydrogen (secondary N) is 2. The van der Waals surface area contributed by atoms with Crippen LogP contribution in [0.5, 0.6) is 0 Å². The highest BCUT2D eigenvalue weighted by atomic mass is 35.5. The molecule has 0 amide bonds. The number of halogens is 4. The summed E-state index contributed by atoms with van der Waals surface area (Å²) < 4.78 is 72.2. The second-order valence-electron chi connectivity index (χ2n) is 6.12. The summed E-state index contributed by atoms with van der Waals surface area (Å²) in [6.45, 7) is 1.37. The predicted molar refractivity (Wildman–Crippen MR) is 91.7 cm³/mol. The van der Waals surface area contributed by atoms with Crippen LogP contribution in [0.4, 0.5) is 13.2 Å². The van der Waals surface area contributed by atoms with Crippen LogP contribution in [-0.4, -0.2) is 58.3 Å². The Morgan fingerprint density at radius 1 is 1.19 bits per heavy atom. The van der Waals surface area contributed by atoms with Crippen LogP contribution in [0.2, 0.25) is 0 Å². The Kier molecular flexibility index (Phi) is 6.92. The molecule has 2 aliphatic rings. The van der Waals surface area contributed by atoms with Gasteiger partial charge in [0, 0.05) is 32.7 Å². The molecule has 2 N–H and O–H groups in total. The van der Waals surface area contributed by atoms with E-state index in [9.17, 15) is 21.6 Å². The molecule has 0 spiro atoms. The molecule has 6 nitrogen and oxygen atoms in total. The molecular weight excluding hydrogens is 395 g/mol. The number of alkyl halides is 3. The summed E-state index contributed by atoms with van der Waals surface area (Å²) in [5.41, 5.74) is 1.64. The fraction of sp³-hybridized carbons (Fsp3) is 0.600. The molecule has 0 bridgehead atoms. The van der Waals surface area contributed by atoms with Gasteiger partial charge in [0.15, 0.2) is 0 Å². The van der Waals surface area contributed by atoms with Crippen molar-refractivity contribution in [3.63, 3.8) is 0 Å². The third-order valence-electron chi connectivity index (χ3n) is 4.44. The van der Waals surface area contributed by atoms with Crippen LogP contribution in [0.25, 0.3) is 0 Å². The van der Waals surface area contributed by atoms with Gasteiger partial charge in [-0.2, -0.15) is 13.2 Å². The molecule has 0 saturated carbocycles. The summed E-state index contributed by atoms with van der Waals surface area (Å²) in [5, 5.41) is 2.98. The quantitative estimate of drug-likeness (QED) is 0.757. The average molecular weight is 416 g/mol. The fourth-order valence-electron chi connectivity index (χ4n) is 3.03. The largest absolute Gasteiger partial charge is 0.405 e. The second kappa shape index (κ2) is 8.41. The number of hydrogen-bond acceptors (Lipinski definition) is 5. The summed E-state index contributed by atoms with van der Waals surface area (Å²) in [4.78, 5) is 1.22. The lowest BCUT2D eigenvalue weighted by molar-refractivity contribution is -0.182. The lowest BCUT2D eigenvalue weighted by Crippen LogP contribution is -2.57. The standard InChI is InChI=1S/C15H20F3N3O3S.ClH/c16-15(17,18)14(21-5-3-19-4-6-21)8-20-25(22,23)13-2-1-11-9-24-10-12(11)7-13;/h1-2,7,14,19-20H,3-6,8-10H2;1H. The summed E-state index contributed by atoms with van der Waals surface area (Å²) in [6.07, 6.45) is -4.51. The molecule has 1 unspecified atom stereocenters. The number of sulfonamides is 1. The first-order valence-corrected chi connectivity index (χ1v) is 9.46. The Hall–Kier alpha value is -0.910. The summed E-state index contributed by atoms with van der Waals surface area (Å²) in [5.74, 6) is 0. The van der Waals surface area contributed by atoms with E-state index in [-0.39, 0.29) is 30.4 Å². The molecule has 1 fully saturated rings. The van der Waals surface area contributed by atoms with Crippen molar-refractivity contribution < 1.29 is 26.3 Å². The van der Waals surface area contributed by atoms with Gasteiger partial charge in [-0.15, -0.1) is 12.4 Å². The van der Waals surface area contributed by atoms with Crippen LogP contribution in [0, 0.1) is 0 Å². The summed E-state index contributed by atoms with van der Waals surface area (Å²) in [7, 11) is -4.02. The average Bonchev–Trinajstić information content (AvgIpc) is 3.02. The monoisotopic (exact) mass is 415 g/mol. The van der Waals surface area contributed by atoms with Gasteiger partial charge in [-0.25, -0.2) is 13.1 Å². The second-order valence-corrected chi connectivity index (χ2v) is 7.89. The van der Waals surface area contributed by atoms with Crippen LogP contribution in [0.3, 0.4) is 0 Å². The molecular formula is C15H21ClF3N3O3S. The van der Waals surface area contributed by atoms with E-state index in [2.05, 4.69) is 10.0 Å². The Morgan fingerprint density at radius 3 is 2.50 bits per heavy atom. The van der Waals surface area contributed by atoms with Crippen molar-refractivity contribution in [2.45, 2.75) is 30.3 Å². The Labute approximate surface area is 156 Å². The number of nitrogens with zero attached hydrogens (tertiary/aromatic N) is 1. The number of piperazine rings is 1. The van der Waals surface area contributed by atoms with Crippen molar-refractivity contribution in [3.05, 3.63) is 29.3 Å². The highest BCUT2D eigenvalue weighted by Gasteiger charge is 2.44. The molecule has 0 radical (unpaired) electrons. The van der Waals surface area contributed by atoms with E-state index >= 15 is 0 Å². The number of ether oxygens (including phenoxy) is 1. The molecule has 148 valence electrons. The minimum Gasteiger partial charge on any atom is -0.372 e. The Bertz CT molecular complexity index is 725. The fourth-order valence-corrected chi connectivity index (χ4v) is 4.12. The molecule has 0 aliphatic carbocycles. The Morgan fingerprint density at radius 2 is 1.85 bits per heavy atom. The lowest BCUT2D eigenvalue weighted by Gasteiger charge is -2.35. The molecule has 2 aliphatic heterocycles. The molecule has 1 aromatic carbocycles. The van der Waals surface area contributed by atoms with E-state index in [1.807, 2.05) is 0 Å². The maximum absolute atomic E-state index is 13.3. The van der Waals surface area contributed by atoms with E-state index in [4.69, 9.17) is 4.74 Å². The van der Waals surface area contributed by atoms with Gasteiger partial charge < -0.3 is 10.1 Å². The number of rotatable bonds is 5. The number of fused-ring (bicyclic) bond motifs is 1. The van der Waals surface area contributed by atoms with Gasteiger partial charge in [-0.3, -0.25) is 4.90 Å². The van der Waals surface area contributed by atoms with E-state index < -0.39 is 28.8 Å². The molecule has 11 heteroatoms. The lowest BCUT2D eigenvalue weighted by atomic mass is 10.1. The van der Waals surface area contributed by atoms with E-state index in [0.29, 0.717) is 26.3 Å².